The molecule has 1 N–H and O–H groups in total. The van der Waals surface area contributed by atoms with Crippen LogP contribution in [0.4, 0.5) is 0 Å². The van der Waals surface area contributed by atoms with E-state index in [0.717, 1.165) is 5.82 Å². The van der Waals surface area contributed by atoms with Gasteiger partial charge in [-0.05, 0) is 21.0 Å². The molecule has 0 aliphatic heterocycles. The van der Waals surface area contributed by atoms with Crippen molar-refractivity contribution in [1.29, 1.82) is 0 Å². The molecule has 5 nitrogen and oxygen atoms in total. The SMILES string of the molecule is CCn1c(C(=O)O)cnc1CN(C)C. The average Bonchev–Trinajstić information content (AvgIpc) is 2.46. The topological polar surface area (TPSA) is 58.4 Å². The number of imidazole rings is 1. The summed E-state index contributed by atoms with van der Waals surface area (Å²) >= 11 is 0. The van der Waals surface area contributed by atoms with Crippen LogP contribution in [0.25, 0.3) is 0 Å². The summed E-state index contributed by atoms with van der Waals surface area (Å²) in [4.78, 5) is 16.9. The maximum atomic E-state index is 10.8. The zero-order valence-corrected chi connectivity index (χ0v) is 8.69. The third-order valence-electron chi connectivity index (χ3n) is 1.93. The molecule has 5 heteroatoms. The molecule has 0 radical (unpaired) electrons. The molecule has 78 valence electrons. The molecule has 0 bridgehead atoms. The summed E-state index contributed by atoms with van der Waals surface area (Å²) in [5.41, 5.74) is 0.254. The van der Waals surface area contributed by atoms with Crippen LogP contribution in [0.5, 0.6) is 0 Å². The van der Waals surface area contributed by atoms with Gasteiger partial charge in [0.1, 0.15) is 11.5 Å². The van der Waals surface area contributed by atoms with Crippen LogP contribution < -0.4 is 0 Å². The summed E-state index contributed by atoms with van der Waals surface area (Å²) in [5, 5.41) is 8.87. The minimum absolute atomic E-state index is 0.254. The summed E-state index contributed by atoms with van der Waals surface area (Å²) in [7, 11) is 3.85. The van der Waals surface area contributed by atoms with Crippen molar-refractivity contribution in [2.24, 2.45) is 0 Å². The number of carboxylic acids is 1. The molecule has 1 aromatic rings. The number of rotatable bonds is 4. The van der Waals surface area contributed by atoms with E-state index in [-0.39, 0.29) is 5.69 Å². The van der Waals surface area contributed by atoms with Crippen LogP contribution in [-0.4, -0.2) is 39.6 Å². The van der Waals surface area contributed by atoms with Gasteiger partial charge in [-0.2, -0.15) is 0 Å². The van der Waals surface area contributed by atoms with Crippen molar-refractivity contribution >= 4 is 5.97 Å². The van der Waals surface area contributed by atoms with Gasteiger partial charge in [-0.3, -0.25) is 0 Å². The van der Waals surface area contributed by atoms with Gasteiger partial charge in [0, 0.05) is 6.54 Å². The van der Waals surface area contributed by atoms with Gasteiger partial charge in [-0.25, -0.2) is 9.78 Å². The van der Waals surface area contributed by atoms with Gasteiger partial charge in [-0.1, -0.05) is 0 Å². The molecule has 0 spiro atoms. The fraction of sp³-hybridized carbons (Fsp3) is 0.556. The Morgan fingerprint density at radius 2 is 2.29 bits per heavy atom. The van der Waals surface area contributed by atoms with Crippen molar-refractivity contribution in [2.75, 3.05) is 14.1 Å². The Labute approximate surface area is 83.0 Å². The van der Waals surface area contributed by atoms with E-state index in [1.165, 1.54) is 6.20 Å². The Hall–Kier alpha value is -1.36. The van der Waals surface area contributed by atoms with E-state index in [1.807, 2.05) is 25.9 Å². The number of carboxylic acid groups (broad SMARTS) is 1. The molecular formula is C9H15N3O2. The zero-order valence-electron chi connectivity index (χ0n) is 8.69. The summed E-state index contributed by atoms with van der Waals surface area (Å²) in [6.07, 6.45) is 1.41. The van der Waals surface area contributed by atoms with Crippen molar-refractivity contribution in [2.45, 2.75) is 20.0 Å². The number of nitrogens with zero attached hydrogens (tertiary/aromatic N) is 3. The summed E-state index contributed by atoms with van der Waals surface area (Å²) in [5.74, 6) is -0.140. The Kier molecular flexibility index (Phi) is 3.24. The van der Waals surface area contributed by atoms with Crippen LogP contribution in [0.2, 0.25) is 0 Å². The summed E-state index contributed by atoms with van der Waals surface area (Å²) in [6.45, 7) is 3.19. The van der Waals surface area contributed by atoms with Gasteiger partial charge in [0.25, 0.3) is 0 Å². The first-order chi connectivity index (χ1) is 6.56. The number of hydrogen-bond donors (Lipinski definition) is 1. The van der Waals surface area contributed by atoms with Crippen molar-refractivity contribution in [3.05, 3.63) is 17.7 Å². The van der Waals surface area contributed by atoms with E-state index >= 15 is 0 Å². The van der Waals surface area contributed by atoms with E-state index in [4.69, 9.17) is 5.11 Å². The van der Waals surface area contributed by atoms with Crippen LogP contribution in [0.1, 0.15) is 23.2 Å². The smallest absolute Gasteiger partial charge is 0.354 e. The second-order valence-corrected chi connectivity index (χ2v) is 3.35. The second kappa shape index (κ2) is 4.23. The molecule has 0 unspecified atom stereocenters. The lowest BCUT2D eigenvalue weighted by Gasteiger charge is -2.11. The van der Waals surface area contributed by atoms with Gasteiger partial charge in [0.15, 0.2) is 0 Å². The molecule has 0 saturated carbocycles. The largest absolute Gasteiger partial charge is 0.477 e. The van der Waals surface area contributed by atoms with Gasteiger partial charge in [-0.15, -0.1) is 0 Å². The van der Waals surface area contributed by atoms with Crippen molar-refractivity contribution < 1.29 is 9.90 Å². The third-order valence-corrected chi connectivity index (χ3v) is 1.93. The number of aromatic nitrogens is 2. The maximum Gasteiger partial charge on any atom is 0.354 e. The lowest BCUT2D eigenvalue weighted by atomic mass is 10.4. The standard InChI is InChI=1S/C9H15N3O2/c1-4-12-7(9(13)14)5-10-8(12)6-11(2)3/h5H,4,6H2,1-3H3,(H,13,14). The van der Waals surface area contributed by atoms with E-state index in [1.54, 1.807) is 4.57 Å². The highest BCUT2D eigenvalue weighted by molar-refractivity contribution is 5.85. The van der Waals surface area contributed by atoms with E-state index in [9.17, 15) is 4.79 Å². The molecule has 0 aromatic carbocycles. The Balaban J connectivity index is 3.01. The van der Waals surface area contributed by atoms with Crippen molar-refractivity contribution in [3.8, 4) is 0 Å². The molecule has 0 atom stereocenters. The lowest BCUT2D eigenvalue weighted by Crippen LogP contribution is -2.17. The Bertz CT molecular complexity index is 331. The molecule has 0 aliphatic carbocycles. The summed E-state index contributed by atoms with van der Waals surface area (Å²) < 4.78 is 1.71. The molecule has 1 rings (SSSR count). The van der Waals surface area contributed by atoms with Crippen LogP contribution in [0.15, 0.2) is 6.20 Å². The Morgan fingerprint density at radius 3 is 2.71 bits per heavy atom. The fourth-order valence-electron chi connectivity index (χ4n) is 1.35. The number of hydrogen-bond acceptors (Lipinski definition) is 3. The average molecular weight is 197 g/mol. The monoisotopic (exact) mass is 197 g/mol. The van der Waals surface area contributed by atoms with Gasteiger partial charge in [0.05, 0.1) is 12.7 Å². The number of carbonyl (C=O) groups is 1. The third kappa shape index (κ3) is 2.11. The van der Waals surface area contributed by atoms with E-state index < -0.39 is 5.97 Å². The van der Waals surface area contributed by atoms with Gasteiger partial charge in [0.2, 0.25) is 0 Å². The molecule has 0 aliphatic rings. The first-order valence-corrected chi connectivity index (χ1v) is 4.48. The van der Waals surface area contributed by atoms with Crippen LogP contribution in [-0.2, 0) is 13.1 Å². The summed E-state index contributed by atoms with van der Waals surface area (Å²) in [6, 6.07) is 0. The quantitative estimate of drug-likeness (QED) is 0.770. The van der Waals surface area contributed by atoms with Crippen molar-refractivity contribution in [1.82, 2.24) is 14.5 Å². The molecule has 0 amide bonds. The fourth-order valence-corrected chi connectivity index (χ4v) is 1.35. The maximum absolute atomic E-state index is 10.8. The lowest BCUT2D eigenvalue weighted by molar-refractivity contribution is 0.0684. The van der Waals surface area contributed by atoms with Gasteiger partial charge < -0.3 is 14.6 Å². The van der Waals surface area contributed by atoms with Crippen molar-refractivity contribution in [3.63, 3.8) is 0 Å². The molecule has 0 fully saturated rings. The first kappa shape index (κ1) is 10.7. The first-order valence-electron chi connectivity index (χ1n) is 4.48. The predicted octanol–water partition coefficient (Wildman–Crippen LogP) is 0.663. The Morgan fingerprint density at radius 1 is 1.64 bits per heavy atom. The molecular weight excluding hydrogens is 182 g/mol. The highest BCUT2D eigenvalue weighted by atomic mass is 16.4. The zero-order chi connectivity index (χ0) is 10.7. The van der Waals surface area contributed by atoms with Crippen LogP contribution in [0.3, 0.4) is 0 Å². The molecule has 1 heterocycles. The molecule has 0 saturated heterocycles. The predicted molar refractivity (Wildman–Crippen MR) is 52.3 cm³/mol. The van der Waals surface area contributed by atoms with E-state index in [2.05, 4.69) is 4.98 Å². The van der Waals surface area contributed by atoms with Crippen LogP contribution >= 0.6 is 0 Å². The normalized spacial score (nSPS) is 10.9. The highest BCUT2D eigenvalue weighted by Crippen LogP contribution is 2.07. The second-order valence-electron chi connectivity index (χ2n) is 3.35. The molecule has 14 heavy (non-hydrogen) atoms. The van der Waals surface area contributed by atoms with Gasteiger partial charge >= 0.3 is 5.97 Å². The molecule has 1 aromatic heterocycles. The minimum Gasteiger partial charge on any atom is -0.477 e. The van der Waals surface area contributed by atoms with Crippen LogP contribution in [0, 0.1) is 0 Å². The number of aromatic carboxylic acids is 1. The van der Waals surface area contributed by atoms with E-state index in [0.29, 0.717) is 13.1 Å². The highest BCUT2D eigenvalue weighted by Gasteiger charge is 2.14. The minimum atomic E-state index is -0.927.